The molecule has 1 heterocycles. The van der Waals surface area contributed by atoms with Gasteiger partial charge in [-0.25, -0.2) is 4.79 Å². The zero-order chi connectivity index (χ0) is 20.9. The Morgan fingerprint density at radius 2 is 1.52 bits per heavy atom. The van der Waals surface area contributed by atoms with Crippen LogP contribution in [0.4, 0.5) is 16.2 Å². The standard InChI is InChI=1S/C23H29N3O3/c1-23(2,3)17-10-4-7-13-20(17)29-16-21(27)24-18-11-5-6-12-19(18)25-22(28)26-14-8-9-15-26/h4-7,10-13H,8-9,14-16H2,1-3H3,(H,24,27)(H,25,28). The van der Waals surface area contributed by atoms with Gasteiger partial charge in [0, 0.05) is 13.1 Å². The molecule has 0 bridgehead atoms. The number of hydrogen-bond donors (Lipinski definition) is 2. The second-order valence-electron chi connectivity index (χ2n) is 8.25. The molecule has 3 amide bonds. The largest absolute Gasteiger partial charge is 0.483 e. The van der Waals surface area contributed by atoms with Crippen LogP contribution >= 0.6 is 0 Å². The van der Waals surface area contributed by atoms with Crippen molar-refractivity contribution in [3.63, 3.8) is 0 Å². The quantitative estimate of drug-likeness (QED) is 0.775. The van der Waals surface area contributed by atoms with Crippen LogP contribution in [-0.4, -0.2) is 36.5 Å². The smallest absolute Gasteiger partial charge is 0.321 e. The van der Waals surface area contributed by atoms with Gasteiger partial charge in [-0.15, -0.1) is 0 Å². The molecule has 0 atom stereocenters. The third-order valence-electron chi connectivity index (χ3n) is 4.89. The molecule has 6 nitrogen and oxygen atoms in total. The van der Waals surface area contributed by atoms with Crippen LogP contribution in [0.5, 0.6) is 5.75 Å². The van der Waals surface area contributed by atoms with Gasteiger partial charge in [0.05, 0.1) is 11.4 Å². The molecule has 1 saturated heterocycles. The molecular weight excluding hydrogens is 366 g/mol. The zero-order valence-corrected chi connectivity index (χ0v) is 17.3. The van der Waals surface area contributed by atoms with Crippen LogP contribution in [-0.2, 0) is 10.2 Å². The van der Waals surface area contributed by atoms with Crippen molar-refractivity contribution < 1.29 is 14.3 Å². The monoisotopic (exact) mass is 395 g/mol. The summed E-state index contributed by atoms with van der Waals surface area (Å²) in [6.45, 7) is 7.74. The van der Waals surface area contributed by atoms with Gasteiger partial charge < -0.3 is 20.3 Å². The molecule has 0 unspecified atom stereocenters. The second-order valence-corrected chi connectivity index (χ2v) is 8.25. The number of likely N-dealkylation sites (tertiary alicyclic amines) is 1. The number of rotatable bonds is 5. The summed E-state index contributed by atoms with van der Waals surface area (Å²) in [5, 5.41) is 5.73. The molecule has 2 aromatic carbocycles. The van der Waals surface area contributed by atoms with Gasteiger partial charge in [0.1, 0.15) is 5.75 Å². The van der Waals surface area contributed by atoms with E-state index in [1.807, 2.05) is 36.4 Å². The highest BCUT2D eigenvalue weighted by Crippen LogP contribution is 2.31. The molecular formula is C23H29N3O3. The molecule has 0 aliphatic carbocycles. The number of carbonyl (C=O) groups excluding carboxylic acids is 2. The lowest BCUT2D eigenvalue weighted by molar-refractivity contribution is -0.118. The number of hydrogen-bond acceptors (Lipinski definition) is 3. The minimum absolute atomic E-state index is 0.0838. The average Bonchev–Trinajstić information content (AvgIpc) is 3.22. The normalized spacial score (nSPS) is 13.8. The van der Waals surface area contributed by atoms with E-state index < -0.39 is 0 Å². The summed E-state index contributed by atoms with van der Waals surface area (Å²) in [5.41, 5.74) is 2.09. The summed E-state index contributed by atoms with van der Waals surface area (Å²) in [5.74, 6) is 0.419. The van der Waals surface area contributed by atoms with Crippen molar-refractivity contribution in [2.75, 3.05) is 30.3 Å². The summed E-state index contributed by atoms with van der Waals surface area (Å²) < 4.78 is 5.79. The maximum Gasteiger partial charge on any atom is 0.321 e. The van der Waals surface area contributed by atoms with Crippen molar-refractivity contribution >= 4 is 23.3 Å². The minimum Gasteiger partial charge on any atom is -0.483 e. The van der Waals surface area contributed by atoms with E-state index in [0.717, 1.165) is 31.5 Å². The van der Waals surface area contributed by atoms with E-state index in [0.29, 0.717) is 17.1 Å². The van der Waals surface area contributed by atoms with E-state index in [2.05, 4.69) is 31.4 Å². The molecule has 2 aromatic rings. The number of para-hydroxylation sites is 3. The summed E-state index contributed by atoms with van der Waals surface area (Å²) in [6, 6.07) is 14.8. The SMILES string of the molecule is CC(C)(C)c1ccccc1OCC(=O)Nc1ccccc1NC(=O)N1CCCC1. The lowest BCUT2D eigenvalue weighted by Crippen LogP contribution is -2.32. The number of ether oxygens (including phenoxy) is 1. The van der Waals surface area contributed by atoms with E-state index in [1.165, 1.54) is 0 Å². The zero-order valence-electron chi connectivity index (χ0n) is 17.3. The summed E-state index contributed by atoms with van der Waals surface area (Å²) in [4.78, 5) is 26.6. The van der Waals surface area contributed by atoms with Gasteiger partial charge >= 0.3 is 6.03 Å². The van der Waals surface area contributed by atoms with Gasteiger partial charge in [-0.2, -0.15) is 0 Å². The molecule has 1 aliphatic rings. The minimum atomic E-state index is -0.281. The first-order chi connectivity index (χ1) is 13.8. The molecule has 0 spiro atoms. The number of anilines is 2. The lowest BCUT2D eigenvalue weighted by atomic mass is 9.86. The van der Waals surface area contributed by atoms with Crippen molar-refractivity contribution in [1.82, 2.24) is 4.90 Å². The Bertz CT molecular complexity index is 868. The molecule has 0 aromatic heterocycles. The summed E-state index contributed by atoms with van der Waals surface area (Å²) in [6.07, 6.45) is 2.05. The van der Waals surface area contributed by atoms with Gasteiger partial charge in [0.25, 0.3) is 5.91 Å². The first-order valence-corrected chi connectivity index (χ1v) is 10.0. The van der Waals surface area contributed by atoms with E-state index in [-0.39, 0.29) is 24.0 Å². The summed E-state index contributed by atoms with van der Waals surface area (Å²) in [7, 11) is 0. The fraction of sp³-hybridized carbons (Fsp3) is 0.391. The topological polar surface area (TPSA) is 70.7 Å². The Hall–Kier alpha value is -3.02. The van der Waals surface area contributed by atoms with Crippen LogP contribution in [0.15, 0.2) is 48.5 Å². The highest BCUT2D eigenvalue weighted by molar-refractivity contribution is 5.99. The Kier molecular flexibility index (Phi) is 6.42. The van der Waals surface area contributed by atoms with Crippen molar-refractivity contribution in [1.29, 1.82) is 0 Å². The van der Waals surface area contributed by atoms with Crippen LogP contribution in [0, 0.1) is 0 Å². The van der Waals surface area contributed by atoms with Crippen molar-refractivity contribution in [2.24, 2.45) is 0 Å². The fourth-order valence-electron chi connectivity index (χ4n) is 3.36. The second kappa shape index (κ2) is 8.99. The van der Waals surface area contributed by atoms with E-state index in [1.54, 1.807) is 17.0 Å². The van der Waals surface area contributed by atoms with Crippen LogP contribution in [0.25, 0.3) is 0 Å². The van der Waals surface area contributed by atoms with E-state index >= 15 is 0 Å². The number of carbonyl (C=O) groups is 2. The Balaban J connectivity index is 1.62. The van der Waals surface area contributed by atoms with Gasteiger partial charge in [0.2, 0.25) is 0 Å². The predicted molar refractivity (Wildman–Crippen MR) is 116 cm³/mol. The van der Waals surface area contributed by atoms with Gasteiger partial charge in [0.15, 0.2) is 6.61 Å². The number of benzene rings is 2. The Labute approximate surface area is 172 Å². The lowest BCUT2D eigenvalue weighted by Gasteiger charge is -2.22. The maximum atomic E-state index is 12.5. The number of nitrogens with zero attached hydrogens (tertiary/aromatic N) is 1. The molecule has 29 heavy (non-hydrogen) atoms. The molecule has 2 N–H and O–H groups in total. The van der Waals surface area contributed by atoms with Crippen molar-refractivity contribution in [2.45, 2.75) is 39.0 Å². The molecule has 6 heteroatoms. The van der Waals surface area contributed by atoms with Crippen LogP contribution in [0.3, 0.4) is 0 Å². The number of amides is 3. The first-order valence-electron chi connectivity index (χ1n) is 10.0. The average molecular weight is 396 g/mol. The molecule has 0 saturated carbocycles. The van der Waals surface area contributed by atoms with Crippen molar-refractivity contribution in [3.05, 3.63) is 54.1 Å². The number of urea groups is 1. The summed E-state index contributed by atoms with van der Waals surface area (Å²) >= 11 is 0. The molecule has 1 aliphatic heterocycles. The van der Waals surface area contributed by atoms with Crippen LogP contribution in [0.2, 0.25) is 0 Å². The third kappa shape index (κ3) is 5.50. The predicted octanol–water partition coefficient (Wildman–Crippen LogP) is 4.63. The Morgan fingerprint density at radius 3 is 2.17 bits per heavy atom. The van der Waals surface area contributed by atoms with E-state index in [4.69, 9.17) is 4.74 Å². The molecule has 1 fully saturated rings. The van der Waals surface area contributed by atoms with Crippen LogP contribution < -0.4 is 15.4 Å². The fourth-order valence-corrected chi connectivity index (χ4v) is 3.36. The molecule has 154 valence electrons. The molecule has 3 rings (SSSR count). The van der Waals surface area contributed by atoms with Gasteiger partial charge in [-0.05, 0) is 42.0 Å². The highest BCUT2D eigenvalue weighted by Gasteiger charge is 2.20. The maximum absolute atomic E-state index is 12.5. The van der Waals surface area contributed by atoms with E-state index in [9.17, 15) is 9.59 Å². The Morgan fingerprint density at radius 1 is 0.931 bits per heavy atom. The van der Waals surface area contributed by atoms with Gasteiger partial charge in [-0.3, -0.25) is 4.79 Å². The van der Waals surface area contributed by atoms with Crippen LogP contribution in [0.1, 0.15) is 39.2 Å². The highest BCUT2D eigenvalue weighted by atomic mass is 16.5. The van der Waals surface area contributed by atoms with Crippen molar-refractivity contribution in [3.8, 4) is 5.75 Å². The number of nitrogens with one attached hydrogen (secondary N) is 2. The first kappa shape index (κ1) is 20.7. The van der Waals surface area contributed by atoms with Gasteiger partial charge in [-0.1, -0.05) is 51.1 Å². The molecule has 0 radical (unpaired) electrons. The third-order valence-corrected chi connectivity index (χ3v) is 4.89.